The van der Waals surface area contributed by atoms with Crippen LogP contribution in [-0.4, -0.2) is 68.4 Å². The van der Waals surface area contributed by atoms with Crippen LogP contribution in [0.2, 0.25) is 0 Å². The summed E-state index contributed by atoms with van der Waals surface area (Å²) in [5, 5.41) is 19.7. The Kier molecular flexibility index (Phi) is 18.8. The second-order valence-corrected chi connectivity index (χ2v) is 35.6. The minimum absolute atomic E-state index is 0. The molecule has 0 radical (unpaired) electrons. The van der Waals surface area contributed by atoms with E-state index in [-0.39, 0.29) is 70.5 Å². The Labute approximate surface area is 528 Å². The number of hydrogen-bond acceptors (Lipinski definition) is 8. The average molecular weight is 1750 g/mol. The molecule has 1 saturated heterocycles. The predicted octanol–water partition coefficient (Wildman–Crippen LogP) is 11.5. The van der Waals surface area contributed by atoms with E-state index in [1.165, 1.54) is 0 Å². The number of aromatic hydroxyl groups is 1. The van der Waals surface area contributed by atoms with Crippen molar-refractivity contribution in [2.45, 2.75) is 17.8 Å². The van der Waals surface area contributed by atoms with Crippen molar-refractivity contribution in [2.24, 2.45) is 5.92 Å². The van der Waals surface area contributed by atoms with Crippen molar-refractivity contribution in [3.63, 3.8) is 0 Å². The molecule has 13 rings (SSSR count). The first-order valence-corrected chi connectivity index (χ1v) is 43.6. The van der Waals surface area contributed by atoms with Gasteiger partial charge in [0.2, 0.25) is 0 Å². The fourth-order valence-electron chi connectivity index (χ4n) is 10.9. The molecule has 4 heterocycles. The number of benzene rings is 7. The summed E-state index contributed by atoms with van der Waals surface area (Å²) in [4.78, 5) is 75.1. The first kappa shape index (κ1) is 58.9. The van der Waals surface area contributed by atoms with E-state index >= 15 is 0 Å². The number of hydrogen-bond donors (Lipinski definition) is 7. The number of phenols is 1. The van der Waals surface area contributed by atoms with E-state index in [1.54, 1.807) is 94.7 Å². The number of fused-ring (bicyclic) bond motifs is 6. The molecule has 404 valence electrons. The van der Waals surface area contributed by atoms with Crippen molar-refractivity contribution in [1.29, 1.82) is 0 Å². The number of rotatable bonds is 7. The van der Waals surface area contributed by atoms with Crippen molar-refractivity contribution in [3.05, 3.63) is 203 Å². The van der Waals surface area contributed by atoms with E-state index < -0.39 is 0 Å². The van der Waals surface area contributed by atoms with Crippen molar-refractivity contribution >= 4 is 200 Å². The van der Waals surface area contributed by atoms with Gasteiger partial charge in [-0.05, 0) is 126 Å². The minimum Gasteiger partial charge on any atom is -0.507 e. The number of aromatic nitrogens is 2. The molecule has 2 aromatic heterocycles. The molecule has 9 N–H and O–H groups in total. The third kappa shape index (κ3) is 11.7. The van der Waals surface area contributed by atoms with E-state index in [0.717, 1.165) is 61.4 Å². The van der Waals surface area contributed by atoms with Gasteiger partial charge in [0.15, 0.2) is 5.78 Å². The molecule has 1 saturated carbocycles. The molecule has 3 atom stereocenters. The standard InChI is InChI=1S/C29H23ClN4O3.C29H22N4O3.I3.I2.HI/c30-14-18-15-34(25-13-26(35)21-3-1-2-4-22(21)27(18)25)29(37)24-12-17-11-20(9-10-23(17)33-24)32-28(36)16-5-7-19(31)8-6-16;30-19-7-5-16(6-8-19)27(35)31-20-9-10-23-17(11-20)12-24(32-23)28(36)33-15-18-14-29(18)22-4-2-1-3-21(22)25(34)13-26(29)33;1-3-2;1-2;/h1-13,18,33,35H,14-15,31H2,(H,32,36);1-13,18,32H,14-15,30H2,(H,31,35);;;1H/q;;-1;;/t18-;18-,29-;;;/m11.../s1. The quantitative estimate of drug-likeness (QED) is 0.0461. The summed E-state index contributed by atoms with van der Waals surface area (Å²) >= 11 is 15.9. The van der Waals surface area contributed by atoms with Crippen LogP contribution in [0.4, 0.5) is 28.4 Å². The zero-order valence-corrected chi connectivity index (χ0v) is 55.1. The Hall–Kier alpha value is -4.76. The molecule has 2 aliphatic heterocycles. The van der Waals surface area contributed by atoms with Crippen LogP contribution in [-0.2, 0) is 5.41 Å². The van der Waals surface area contributed by atoms with Gasteiger partial charge in [0.05, 0.1) is 5.69 Å². The number of aromatic amines is 2. The van der Waals surface area contributed by atoms with Crippen LogP contribution in [0, 0.1) is 5.92 Å². The number of ketones is 1. The smallest absolute Gasteiger partial charge is 0.274 e. The summed E-state index contributed by atoms with van der Waals surface area (Å²) in [5.41, 5.74) is 21.3. The zero-order valence-electron chi connectivity index (χ0n) is 41.2. The first-order chi connectivity index (χ1) is 37.8. The predicted molar refractivity (Wildman–Crippen MR) is 356 cm³/mol. The number of piperidine rings is 1. The third-order valence-corrected chi connectivity index (χ3v) is 15.0. The maximum absolute atomic E-state index is 13.7. The summed E-state index contributed by atoms with van der Waals surface area (Å²) < 4.78 is 0. The molecule has 79 heavy (non-hydrogen) atoms. The number of nitrogens with zero attached hydrogens (tertiary/aromatic N) is 2. The van der Waals surface area contributed by atoms with E-state index in [1.807, 2.05) is 72.8 Å². The Morgan fingerprint density at radius 2 is 1.19 bits per heavy atom. The van der Waals surface area contributed by atoms with Gasteiger partial charge in [-0.1, -0.05) is 48.5 Å². The number of nitrogen functional groups attached to an aromatic ring is 2. The molecular weight excluding hydrogens is 1700 g/mol. The zero-order chi connectivity index (χ0) is 55.0. The molecule has 7 aromatic carbocycles. The number of alkyl halides is 1. The molecular formula is C58H46ClI6N8O6-. The van der Waals surface area contributed by atoms with Gasteiger partial charge in [0.25, 0.3) is 23.6 Å². The fourth-order valence-corrected chi connectivity index (χ4v) is 11.2. The van der Waals surface area contributed by atoms with Crippen LogP contribution < -0.4 is 40.3 Å². The molecule has 1 spiro atoms. The van der Waals surface area contributed by atoms with Crippen LogP contribution in [0.1, 0.15) is 75.5 Å². The number of phenolic OH excluding ortho intramolecular Hbond substituents is 1. The molecule has 4 aliphatic rings. The maximum atomic E-state index is 13.7. The van der Waals surface area contributed by atoms with Gasteiger partial charge in [0.1, 0.15) is 17.1 Å². The molecule has 0 unspecified atom stereocenters. The number of allylic oxidation sites excluding steroid dienone is 2. The number of carbonyl (C=O) groups excluding carboxylic acids is 5. The molecule has 21 heteroatoms. The Bertz CT molecular complexity index is 3890. The van der Waals surface area contributed by atoms with Crippen LogP contribution >= 0.6 is 110 Å². The van der Waals surface area contributed by atoms with Crippen molar-refractivity contribution in [2.75, 3.05) is 46.0 Å². The Morgan fingerprint density at radius 3 is 1.73 bits per heavy atom. The molecule has 2 aliphatic carbocycles. The van der Waals surface area contributed by atoms with E-state index in [0.29, 0.717) is 89.1 Å². The van der Waals surface area contributed by atoms with Gasteiger partial charge in [-0.25, -0.2) is 0 Å². The fraction of sp³-hybridized carbons (Fsp3) is 0.121. The van der Waals surface area contributed by atoms with Gasteiger partial charge in [-0.15, -0.1) is 35.6 Å². The van der Waals surface area contributed by atoms with Gasteiger partial charge < -0.3 is 47.0 Å². The number of anilines is 5. The monoisotopic (exact) mass is 1750 g/mol. The number of H-pyrrole nitrogens is 2. The second kappa shape index (κ2) is 25.2. The van der Waals surface area contributed by atoms with E-state index in [9.17, 15) is 29.1 Å². The molecule has 4 amide bonds. The maximum Gasteiger partial charge on any atom is 0.274 e. The van der Waals surface area contributed by atoms with E-state index in [4.69, 9.17) is 23.1 Å². The summed E-state index contributed by atoms with van der Waals surface area (Å²) in [5.74, 6) is -0.135. The number of halogens is 7. The molecule has 0 bridgehead atoms. The Balaban J connectivity index is 0.000000175. The largest absolute Gasteiger partial charge is 0.507 e. The number of nitrogens with two attached hydrogens (primary N) is 2. The van der Waals surface area contributed by atoms with Gasteiger partial charge in [-0.3, -0.25) is 24.0 Å². The third-order valence-electron chi connectivity index (χ3n) is 14.6. The normalized spacial score (nSPS) is 17.0. The summed E-state index contributed by atoms with van der Waals surface area (Å²) in [6.07, 6.45) is 2.62. The van der Waals surface area contributed by atoms with Crippen LogP contribution in [0.5, 0.6) is 5.75 Å². The minimum atomic E-state index is -0.251. The molecule has 14 nitrogen and oxygen atoms in total. The second-order valence-electron chi connectivity index (χ2n) is 19.0. The van der Waals surface area contributed by atoms with Gasteiger partial charge in [0, 0.05) is 152 Å². The van der Waals surface area contributed by atoms with E-state index in [2.05, 4.69) is 95.1 Å². The Morgan fingerprint density at radius 1 is 0.684 bits per heavy atom. The van der Waals surface area contributed by atoms with Crippen LogP contribution in [0.15, 0.2) is 163 Å². The summed E-state index contributed by atoms with van der Waals surface area (Å²) in [7, 11) is 0. The average Bonchev–Trinajstić information content (AvgIpc) is 2.09. The number of carbonyl (C=O) groups is 5. The number of likely N-dealkylation sites (tertiary alicyclic amines) is 1. The van der Waals surface area contributed by atoms with Crippen molar-refractivity contribution in [1.82, 2.24) is 14.9 Å². The topological polar surface area (TPSA) is 220 Å². The SMILES string of the molecule is I.II.I[I-]I.Nc1ccc(C(=O)Nc2ccc3[nH]c(C(=O)N4C[C@@H](CCl)c5c4cc(O)c4ccccc54)cc3c2)cc1.Nc1ccc(C(=O)Nc2ccc3[nH]c(C(=O)N4C[C@H]5C[C@@]56C4=CC(=O)c4ccccc46)cc3c2)cc1. The number of amides is 4. The molecule has 9 aromatic rings. The summed E-state index contributed by atoms with van der Waals surface area (Å²) in [6.45, 7) is 1.02. The number of nitrogens with one attached hydrogen (secondary N) is 4. The van der Waals surface area contributed by atoms with Crippen LogP contribution in [0.3, 0.4) is 0 Å². The first-order valence-electron chi connectivity index (χ1n) is 24.2. The van der Waals surface area contributed by atoms with Crippen molar-refractivity contribution < 1.29 is 42.3 Å². The van der Waals surface area contributed by atoms with Gasteiger partial charge >= 0.3 is 50.5 Å². The summed E-state index contributed by atoms with van der Waals surface area (Å²) in [6, 6.07) is 44.9. The molecule has 2 fully saturated rings. The van der Waals surface area contributed by atoms with Crippen LogP contribution in [0.25, 0.3) is 32.6 Å². The van der Waals surface area contributed by atoms with Crippen molar-refractivity contribution in [3.8, 4) is 5.75 Å². The van der Waals surface area contributed by atoms with Gasteiger partial charge in [-0.2, -0.15) is 0 Å².